The molecular formula is C22H22F3N7O. The molecule has 0 aliphatic heterocycles. The van der Waals surface area contributed by atoms with Crippen molar-refractivity contribution in [2.24, 2.45) is 0 Å². The number of aromatic amines is 2. The SMILES string of the molecule is CC(C)N(C)c1nc2ccc(N(C)C(=O)c3nc(-c4ccc(C(F)(F)F)cc4)n[nH]3)cc2[nH]1. The first kappa shape index (κ1) is 22.3. The first-order valence-corrected chi connectivity index (χ1v) is 10.2. The summed E-state index contributed by atoms with van der Waals surface area (Å²) in [5, 5.41) is 6.54. The van der Waals surface area contributed by atoms with Crippen molar-refractivity contribution < 1.29 is 18.0 Å². The second-order valence-electron chi connectivity index (χ2n) is 7.91. The van der Waals surface area contributed by atoms with Gasteiger partial charge in [0.2, 0.25) is 11.8 Å². The Hall–Kier alpha value is -3.89. The molecule has 0 spiro atoms. The van der Waals surface area contributed by atoms with Gasteiger partial charge in [0, 0.05) is 31.4 Å². The number of carbonyl (C=O) groups is 1. The lowest BCUT2D eigenvalue weighted by atomic mass is 10.1. The van der Waals surface area contributed by atoms with E-state index in [-0.39, 0.29) is 17.7 Å². The zero-order chi connectivity index (χ0) is 23.9. The maximum atomic E-state index is 12.9. The van der Waals surface area contributed by atoms with Gasteiger partial charge in [0.05, 0.1) is 16.6 Å². The van der Waals surface area contributed by atoms with E-state index in [9.17, 15) is 18.0 Å². The minimum atomic E-state index is -4.43. The number of hydrogen-bond donors (Lipinski definition) is 2. The summed E-state index contributed by atoms with van der Waals surface area (Å²) in [7, 11) is 3.54. The molecule has 2 aromatic heterocycles. The number of anilines is 2. The van der Waals surface area contributed by atoms with Crippen LogP contribution in [0, 0.1) is 0 Å². The number of alkyl halides is 3. The average molecular weight is 457 g/mol. The molecule has 0 unspecified atom stereocenters. The summed E-state index contributed by atoms with van der Waals surface area (Å²) in [4.78, 5) is 28.3. The highest BCUT2D eigenvalue weighted by atomic mass is 19.4. The minimum Gasteiger partial charge on any atom is -0.343 e. The number of amides is 1. The monoisotopic (exact) mass is 457 g/mol. The highest BCUT2D eigenvalue weighted by Gasteiger charge is 2.30. The zero-order valence-electron chi connectivity index (χ0n) is 18.4. The largest absolute Gasteiger partial charge is 0.416 e. The molecule has 4 aromatic rings. The molecule has 2 aromatic carbocycles. The van der Waals surface area contributed by atoms with Crippen LogP contribution >= 0.6 is 0 Å². The van der Waals surface area contributed by atoms with Crippen LogP contribution < -0.4 is 9.80 Å². The molecule has 0 saturated carbocycles. The first-order valence-electron chi connectivity index (χ1n) is 10.2. The fourth-order valence-corrected chi connectivity index (χ4v) is 3.18. The molecule has 2 N–H and O–H groups in total. The summed E-state index contributed by atoms with van der Waals surface area (Å²) in [6.45, 7) is 4.11. The van der Waals surface area contributed by atoms with E-state index in [1.807, 2.05) is 24.1 Å². The number of nitrogens with zero attached hydrogens (tertiary/aromatic N) is 5. The third kappa shape index (κ3) is 4.38. The van der Waals surface area contributed by atoms with Gasteiger partial charge in [-0.05, 0) is 44.2 Å². The van der Waals surface area contributed by atoms with Crippen LogP contribution in [0.4, 0.5) is 24.8 Å². The van der Waals surface area contributed by atoms with Crippen molar-refractivity contribution in [3.8, 4) is 11.4 Å². The Morgan fingerprint density at radius 3 is 2.36 bits per heavy atom. The lowest BCUT2D eigenvalue weighted by molar-refractivity contribution is -0.137. The van der Waals surface area contributed by atoms with E-state index in [0.717, 1.165) is 29.1 Å². The second kappa shape index (κ2) is 8.23. The van der Waals surface area contributed by atoms with Crippen LogP contribution in [0.1, 0.15) is 30.0 Å². The van der Waals surface area contributed by atoms with Gasteiger partial charge in [0.25, 0.3) is 5.91 Å². The topological polar surface area (TPSA) is 93.8 Å². The molecule has 0 radical (unpaired) electrons. The van der Waals surface area contributed by atoms with Crippen LogP contribution in [0.15, 0.2) is 42.5 Å². The predicted octanol–water partition coefficient (Wildman–Crippen LogP) is 4.49. The molecule has 33 heavy (non-hydrogen) atoms. The van der Waals surface area contributed by atoms with Crippen LogP contribution in [0.2, 0.25) is 0 Å². The summed E-state index contributed by atoms with van der Waals surface area (Å²) in [6.07, 6.45) is -4.43. The van der Waals surface area contributed by atoms with Gasteiger partial charge >= 0.3 is 6.18 Å². The molecular weight excluding hydrogens is 435 g/mol. The molecule has 11 heteroatoms. The maximum absolute atomic E-state index is 12.9. The molecule has 172 valence electrons. The number of rotatable bonds is 5. The van der Waals surface area contributed by atoms with E-state index in [2.05, 4.69) is 39.0 Å². The van der Waals surface area contributed by atoms with Crippen molar-refractivity contribution in [1.29, 1.82) is 0 Å². The van der Waals surface area contributed by atoms with Crippen LogP contribution in [-0.2, 0) is 6.18 Å². The van der Waals surface area contributed by atoms with E-state index < -0.39 is 17.6 Å². The van der Waals surface area contributed by atoms with Crippen molar-refractivity contribution in [1.82, 2.24) is 25.1 Å². The minimum absolute atomic E-state index is 0.0302. The van der Waals surface area contributed by atoms with E-state index in [1.54, 1.807) is 13.1 Å². The van der Waals surface area contributed by atoms with Gasteiger partial charge in [-0.1, -0.05) is 12.1 Å². The Balaban J connectivity index is 1.55. The number of benzene rings is 2. The number of H-pyrrole nitrogens is 2. The van der Waals surface area contributed by atoms with Gasteiger partial charge in [-0.3, -0.25) is 9.89 Å². The number of carbonyl (C=O) groups excluding carboxylic acids is 1. The summed E-state index contributed by atoms with van der Waals surface area (Å²) in [5.41, 5.74) is 1.75. The molecule has 1 amide bonds. The third-order valence-electron chi connectivity index (χ3n) is 5.41. The number of halogens is 3. The van der Waals surface area contributed by atoms with E-state index in [0.29, 0.717) is 11.3 Å². The number of imidazole rings is 1. The van der Waals surface area contributed by atoms with Gasteiger partial charge in [-0.15, -0.1) is 0 Å². The van der Waals surface area contributed by atoms with E-state index in [4.69, 9.17) is 0 Å². The number of fused-ring (bicyclic) bond motifs is 1. The molecule has 0 aliphatic carbocycles. The normalized spacial score (nSPS) is 11.9. The summed E-state index contributed by atoms with van der Waals surface area (Å²) >= 11 is 0. The van der Waals surface area contributed by atoms with Gasteiger partial charge in [-0.25, -0.2) is 9.97 Å². The number of aromatic nitrogens is 5. The Morgan fingerprint density at radius 2 is 1.73 bits per heavy atom. The van der Waals surface area contributed by atoms with Crippen LogP contribution in [0.3, 0.4) is 0 Å². The van der Waals surface area contributed by atoms with E-state index in [1.165, 1.54) is 17.0 Å². The molecule has 4 rings (SSSR count). The molecule has 2 heterocycles. The van der Waals surface area contributed by atoms with Gasteiger partial charge in [0.15, 0.2) is 5.82 Å². The highest BCUT2D eigenvalue weighted by molar-refractivity contribution is 6.04. The zero-order valence-corrected chi connectivity index (χ0v) is 18.4. The Bertz CT molecular complexity index is 1290. The first-order chi connectivity index (χ1) is 15.5. The lowest BCUT2D eigenvalue weighted by Crippen LogP contribution is -2.27. The molecule has 0 bridgehead atoms. The smallest absolute Gasteiger partial charge is 0.343 e. The number of nitrogens with one attached hydrogen (secondary N) is 2. The molecule has 0 saturated heterocycles. The van der Waals surface area contributed by atoms with E-state index >= 15 is 0 Å². The van der Waals surface area contributed by atoms with Gasteiger partial charge < -0.3 is 14.8 Å². The van der Waals surface area contributed by atoms with Crippen molar-refractivity contribution in [2.75, 3.05) is 23.9 Å². The summed E-state index contributed by atoms with van der Waals surface area (Å²) in [6, 6.07) is 10.1. The fourth-order valence-electron chi connectivity index (χ4n) is 3.18. The maximum Gasteiger partial charge on any atom is 0.416 e. The number of hydrogen-bond acceptors (Lipinski definition) is 5. The van der Waals surface area contributed by atoms with Crippen LogP contribution in [0.25, 0.3) is 22.4 Å². The molecule has 0 atom stereocenters. The van der Waals surface area contributed by atoms with Crippen molar-refractivity contribution in [3.63, 3.8) is 0 Å². The predicted molar refractivity (Wildman–Crippen MR) is 119 cm³/mol. The summed E-state index contributed by atoms with van der Waals surface area (Å²) < 4.78 is 38.3. The second-order valence-corrected chi connectivity index (χ2v) is 7.91. The standard InChI is InChI=1S/C22H22F3N7O/c1-12(2)31(3)21-26-16-10-9-15(11-17(16)27-21)32(4)20(33)19-28-18(29-30-19)13-5-7-14(8-6-13)22(23,24)25/h5-12H,1-4H3,(H,26,27)(H,28,29,30). The van der Waals surface area contributed by atoms with Crippen molar-refractivity contribution >= 4 is 28.6 Å². The molecule has 0 aliphatic rings. The highest BCUT2D eigenvalue weighted by Crippen LogP contribution is 2.30. The molecule has 8 nitrogen and oxygen atoms in total. The Morgan fingerprint density at radius 1 is 1.03 bits per heavy atom. The lowest BCUT2D eigenvalue weighted by Gasteiger charge is -2.19. The molecule has 0 fully saturated rings. The van der Waals surface area contributed by atoms with Crippen LogP contribution in [-0.4, -0.2) is 51.2 Å². The van der Waals surface area contributed by atoms with Crippen molar-refractivity contribution in [2.45, 2.75) is 26.1 Å². The van der Waals surface area contributed by atoms with Crippen molar-refractivity contribution in [3.05, 3.63) is 53.9 Å². The summed E-state index contributed by atoms with van der Waals surface area (Å²) in [5.74, 6) is 0.379. The van der Waals surface area contributed by atoms with Crippen LogP contribution in [0.5, 0.6) is 0 Å². The van der Waals surface area contributed by atoms with Gasteiger partial charge in [0.1, 0.15) is 0 Å². The fraction of sp³-hybridized carbons (Fsp3) is 0.273. The Labute approximate surface area is 187 Å². The third-order valence-corrected chi connectivity index (χ3v) is 5.41. The Kier molecular flexibility index (Phi) is 5.56. The quantitative estimate of drug-likeness (QED) is 0.461. The van der Waals surface area contributed by atoms with Gasteiger partial charge in [-0.2, -0.15) is 18.3 Å². The average Bonchev–Trinajstić information content (AvgIpc) is 3.44.